The molecule has 1 saturated heterocycles. The topological polar surface area (TPSA) is 35.5 Å². The van der Waals surface area contributed by atoms with Crippen molar-refractivity contribution in [3.05, 3.63) is 12.2 Å². The highest BCUT2D eigenvalue weighted by atomic mass is 16.6. The lowest BCUT2D eigenvalue weighted by molar-refractivity contribution is -0.216. The molecule has 2 atom stereocenters. The first-order chi connectivity index (χ1) is 6.34. The molecule has 2 unspecified atom stereocenters. The minimum Gasteiger partial charge on any atom is -0.457 e. The average Bonchev–Trinajstić information content (AvgIpc) is 2.02. The van der Waals surface area contributed by atoms with Gasteiger partial charge in [-0.3, -0.25) is 0 Å². The number of esters is 1. The van der Waals surface area contributed by atoms with Crippen molar-refractivity contribution >= 4 is 5.97 Å². The fourth-order valence-electron chi connectivity index (χ4n) is 1.62. The Hall–Kier alpha value is -0.830. The van der Waals surface area contributed by atoms with Gasteiger partial charge in [-0.1, -0.05) is 20.4 Å². The van der Waals surface area contributed by atoms with Crippen molar-refractivity contribution < 1.29 is 14.3 Å². The van der Waals surface area contributed by atoms with Gasteiger partial charge in [0.2, 0.25) is 0 Å². The summed E-state index contributed by atoms with van der Waals surface area (Å²) in [7, 11) is 0. The molecule has 14 heavy (non-hydrogen) atoms. The van der Waals surface area contributed by atoms with Gasteiger partial charge in [0.1, 0.15) is 12.2 Å². The van der Waals surface area contributed by atoms with E-state index in [1.165, 1.54) is 0 Å². The molecular formula is C11H18O3. The van der Waals surface area contributed by atoms with Gasteiger partial charge in [0.25, 0.3) is 0 Å². The first-order valence-corrected chi connectivity index (χ1v) is 4.82. The maximum atomic E-state index is 11.2. The van der Waals surface area contributed by atoms with Crippen molar-refractivity contribution in [2.45, 2.75) is 39.9 Å². The highest BCUT2D eigenvalue weighted by Gasteiger charge is 2.44. The van der Waals surface area contributed by atoms with E-state index in [1.807, 2.05) is 6.92 Å². The van der Waals surface area contributed by atoms with Crippen molar-refractivity contribution in [1.29, 1.82) is 0 Å². The Morgan fingerprint density at radius 2 is 2.21 bits per heavy atom. The largest absolute Gasteiger partial charge is 0.457 e. The molecule has 0 radical (unpaired) electrons. The third-order valence-electron chi connectivity index (χ3n) is 2.47. The lowest BCUT2D eigenvalue weighted by atomic mass is 9.80. The van der Waals surface area contributed by atoms with Crippen LogP contribution in [0.3, 0.4) is 0 Å². The van der Waals surface area contributed by atoms with Crippen molar-refractivity contribution in [2.24, 2.45) is 5.41 Å². The van der Waals surface area contributed by atoms with Crippen LogP contribution in [0, 0.1) is 5.41 Å². The molecule has 1 fully saturated rings. The van der Waals surface area contributed by atoms with E-state index in [0.717, 1.165) is 6.61 Å². The van der Waals surface area contributed by atoms with Crippen LogP contribution in [0.4, 0.5) is 0 Å². The normalized spacial score (nSPS) is 26.1. The van der Waals surface area contributed by atoms with E-state index in [1.54, 1.807) is 6.92 Å². The van der Waals surface area contributed by atoms with Crippen LogP contribution in [-0.4, -0.2) is 24.8 Å². The Bertz CT molecular complexity index is 255. The molecule has 0 aromatic heterocycles. The molecule has 0 saturated carbocycles. The van der Waals surface area contributed by atoms with E-state index < -0.39 is 0 Å². The molecule has 3 nitrogen and oxygen atoms in total. The number of rotatable bonds is 3. The molecule has 0 aromatic carbocycles. The summed E-state index contributed by atoms with van der Waals surface area (Å²) in [6, 6.07) is 0. The summed E-state index contributed by atoms with van der Waals surface area (Å²) in [6.07, 6.45) is -0.200. The van der Waals surface area contributed by atoms with Gasteiger partial charge in [-0.15, -0.1) is 0 Å². The molecule has 0 aliphatic carbocycles. The van der Waals surface area contributed by atoms with Gasteiger partial charge in [0.05, 0.1) is 6.61 Å². The maximum Gasteiger partial charge on any atom is 0.333 e. The van der Waals surface area contributed by atoms with Crippen LogP contribution >= 0.6 is 0 Å². The summed E-state index contributed by atoms with van der Waals surface area (Å²) >= 11 is 0. The van der Waals surface area contributed by atoms with Crippen LogP contribution in [0.25, 0.3) is 0 Å². The fourth-order valence-corrected chi connectivity index (χ4v) is 1.62. The molecule has 0 N–H and O–H groups in total. The Morgan fingerprint density at radius 3 is 2.50 bits per heavy atom. The Morgan fingerprint density at radius 1 is 1.64 bits per heavy atom. The molecule has 0 aromatic rings. The summed E-state index contributed by atoms with van der Waals surface area (Å²) < 4.78 is 10.6. The van der Waals surface area contributed by atoms with Gasteiger partial charge < -0.3 is 9.47 Å². The highest BCUT2D eigenvalue weighted by molar-refractivity contribution is 5.87. The molecule has 0 spiro atoms. The van der Waals surface area contributed by atoms with Gasteiger partial charge in [0.15, 0.2) is 0 Å². The quantitative estimate of drug-likeness (QED) is 0.513. The first kappa shape index (κ1) is 11.2. The van der Waals surface area contributed by atoms with E-state index in [2.05, 4.69) is 20.4 Å². The second-order valence-corrected chi connectivity index (χ2v) is 4.61. The summed E-state index contributed by atoms with van der Waals surface area (Å²) in [6.45, 7) is 12.0. The van der Waals surface area contributed by atoms with Crippen molar-refractivity contribution in [3.63, 3.8) is 0 Å². The van der Waals surface area contributed by atoms with E-state index in [9.17, 15) is 4.79 Å². The van der Waals surface area contributed by atoms with Crippen molar-refractivity contribution in [1.82, 2.24) is 0 Å². The van der Waals surface area contributed by atoms with Crippen molar-refractivity contribution in [2.75, 3.05) is 6.61 Å². The highest BCUT2D eigenvalue weighted by Crippen LogP contribution is 2.36. The van der Waals surface area contributed by atoms with Gasteiger partial charge >= 0.3 is 5.97 Å². The number of carbonyl (C=O) groups is 1. The minimum absolute atomic E-state index is 0.00537. The van der Waals surface area contributed by atoms with E-state index in [0.29, 0.717) is 5.57 Å². The predicted molar refractivity (Wildman–Crippen MR) is 53.9 cm³/mol. The average molecular weight is 198 g/mol. The molecule has 1 heterocycles. The zero-order valence-corrected chi connectivity index (χ0v) is 9.29. The monoisotopic (exact) mass is 198 g/mol. The summed E-state index contributed by atoms with van der Waals surface area (Å²) in [5.74, 6) is -0.344. The van der Waals surface area contributed by atoms with Gasteiger partial charge in [-0.2, -0.15) is 0 Å². The number of carbonyl (C=O) groups excluding carboxylic acids is 1. The number of hydrogen-bond acceptors (Lipinski definition) is 3. The number of ether oxygens (including phenoxy) is 2. The van der Waals surface area contributed by atoms with Crippen LogP contribution in [0.2, 0.25) is 0 Å². The van der Waals surface area contributed by atoms with E-state index >= 15 is 0 Å². The zero-order chi connectivity index (χ0) is 10.9. The van der Waals surface area contributed by atoms with Gasteiger partial charge in [-0.25, -0.2) is 4.79 Å². The lowest BCUT2D eigenvalue weighted by Crippen LogP contribution is -2.54. The Labute approximate surface area is 85.1 Å². The molecule has 1 rings (SSSR count). The SMILES string of the molecule is C=C(C)C(=O)OC(C)C1OCC1(C)C. The second kappa shape index (κ2) is 3.73. The van der Waals surface area contributed by atoms with Crippen LogP contribution in [0.1, 0.15) is 27.7 Å². The predicted octanol–water partition coefficient (Wildman–Crippen LogP) is 1.92. The van der Waals surface area contributed by atoms with E-state index in [-0.39, 0.29) is 23.6 Å². The second-order valence-electron chi connectivity index (χ2n) is 4.61. The first-order valence-electron chi connectivity index (χ1n) is 4.82. The molecular weight excluding hydrogens is 180 g/mol. The van der Waals surface area contributed by atoms with Crippen LogP contribution < -0.4 is 0 Å². The number of hydrogen-bond donors (Lipinski definition) is 0. The lowest BCUT2D eigenvalue weighted by Gasteiger charge is -2.46. The van der Waals surface area contributed by atoms with Crippen LogP contribution in [-0.2, 0) is 14.3 Å². The molecule has 1 aliphatic rings. The third kappa shape index (κ3) is 2.15. The molecule has 3 heteroatoms. The summed E-state index contributed by atoms with van der Waals surface area (Å²) in [5, 5.41) is 0. The van der Waals surface area contributed by atoms with Crippen LogP contribution in [0.5, 0.6) is 0 Å². The molecule has 1 aliphatic heterocycles. The molecule has 0 amide bonds. The summed E-state index contributed by atoms with van der Waals surface area (Å²) in [4.78, 5) is 11.2. The summed E-state index contributed by atoms with van der Waals surface area (Å²) in [5.41, 5.74) is 0.531. The Balaban J connectivity index is 2.47. The Kier molecular flexibility index (Phi) is 3.00. The zero-order valence-electron chi connectivity index (χ0n) is 9.29. The molecule has 80 valence electrons. The maximum absolute atomic E-state index is 11.2. The fraction of sp³-hybridized carbons (Fsp3) is 0.727. The van der Waals surface area contributed by atoms with Crippen LogP contribution in [0.15, 0.2) is 12.2 Å². The standard InChI is InChI=1S/C11H18O3/c1-7(2)10(12)14-8(3)9-11(4,5)6-13-9/h8-9H,1,6H2,2-5H3. The molecule has 0 bridgehead atoms. The van der Waals surface area contributed by atoms with Gasteiger partial charge in [0, 0.05) is 11.0 Å². The smallest absolute Gasteiger partial charge is 0.333 e. The minimum atomic E-state index is -0.344. The third-order valence-corrected chi connectivity index (χ3v) is 2.47. The van der Waals surface area contributed by atoms with Crippen molar-refractivity contribution in [3.8, 4) is 0 Å². The van der Waals surface area contributed by atoms with E-state index in [4.69, 9.17) is 9.47 Å². The van der Waals surface area contributed by atoms with Gasteiger partial charge in [-0.05, 0) is 13.8 Å².